The summed E-state index contributed by atoms with van der Waals surface area (Å²) in [6, 6.07) is 1.91. The molecule has 1 unspecified atom stereocenters. The van der Waals surface area contributed by atoms with E-state index >= 15 is 0 Å². The first-order valence-corrected chi connectivity index (χ1v) is 7.52. The third-order valence-corrected chi connectivity index (χ3v) is 4.34. The Morgan fingerprint density at radius 1 is 1.44 bits per heavy atom. The maximum absolute atomic E-state index is 12.5. The van der Waals surface area contributed by atoms with Gasteiger partial charge in [0.1, 0.15) is 5.69 Å². The standard InChI is InChI=1S/C14H21BrN2O/c1-3-11-5-4-7-17(8-6-11)14(18)13-9-12(15)10-16(13)2/h9-11H,3-8H2,1-2H3. The van der Waals surface area contributed by atoms with Gasteiger partial charge in [-0.05, 0) is 47.2 Å². The molecule has 0 radical (unpaired) electrons. The van der Waals surface area contributed by atoms with Crippen molar-refractivity contribution in [2.24, 2.45) is 13.0 Å². The molecule has 0 saturated carbocycles. The maximum atomic E-state index is 12.5. The molecule has 1 fully saturated rings. The van der Waals surface area contributed by atoms with Crippen molar-refractivity contribution in [1.29, 1.82) is 0 Å². The van der Waals surface area contributed by atoms with Crippen LogP contribution in [0.1, 0.15) is 43.1 Å². The lowest BCUT2D eigenvalue weighted by molar-refractivity contribution is 0.0750. The Hall–Kier alpha value is -0.770. The molecule has 1 aromatic heterocycles. The summed E-state index contributed by atoms with van der Waals surface area (Å²) in [6.45, 7) is 4.05. The molecule has 4 heteroatoms. The van der Waals surface area contributed by atoms with Crippen LogP contribution in [-0.4, -0.2) is 28.5 Å². The molecule has 1 aliphatic rings. The van der Waals surface area contributed by atoms with Gasteiger partial charge in [0.05, 0.1) is 0 Å². The predicted molar refractivity (Wildman–Crippen MR) is 76.6 cm³/mol. The molecular formula is C14H21BrN2O. The fourth-order valence-corrected chi connectivity index (χ4v) is 3.20. The Balaban J connectivity index is 2.07. The quantitative estimate of drug-likeness (QED) is 0.821. The number of hydrogen-bond acceptors (Lipinski definition) is 1. The number of hydrogen-bond donors (Lipinski definition) is 0. The van der Waals surface area contributed by atoms with Crippen LogP contribution in [0.2, 0.25) is 0 Å². The number of nitrogens with zero attached hydrogens (tertiary/aromatic N) is 2. The van der Waals surface area contributed by atoms with Crippen LogP contribution in [-0.2, 0) is 7.05 Å². The smallest absolute Gasteiger partial charge is 0.270 e. The summed E-state index contributed by atoms with van der Waals surface area (Å²) in [6.07, 6.45) is 6.71. The molecule has 100 valence electrons. The Morgan fingerprint density at radius 2 is 2.22 bits per heavy atom. The number of rotatable bonds is 2. The highest BCUT2D eigenvalue weighted by Gasteiger charge is 2.22. The first kappa shape index (κ1) is 13.7. The van der Waals surface area contributed by atoms with Crippen LogP contribution in [0.3, 0.4) is 0 Å². The maximum Gasteiger partial charge on any atom is 0.270 e. The van der Waals surface area contributed by atoms with Crippen molar-refractivity contribution in [1.82, 2.24) is 9.47 Å². The van der Waals surface area contributed by atoms with Crippen molar-refractivity contribution in [2.75, 3.05) is 13.1 Å². The van der Waals surface area contributed by atoms with Crippen molar-refractivity contribution in [2.45, 2.75) is 32.6 Å². The second-order valence-corrected chi connectivity index (χ2v) is 6.07. The topological polar surface area (TPSA) is 25.2 Å². The molecule has 1 atom stereocenters. The Bertz CT molecular complexity index is 427. The predicted octanol–water partition coefficient (Wildman–Crippen LogP) is 3.44. The third-order valence-electron chi connectivity index (χ3n) is 3.90. The zero-order valence-corrected chi connectivity index (χ0v) is 12.7. The van der Waals surface area contributed by atoms with Gasteiger partial charge in [0.15, 0.2) is 0 Å². The van der Waals surface area contributed by atoms with E-state index in [1.807, 2.05) is 28.8 Å². The van der Waals surface area contributed by atoms with E-state index in [1.54, 1.807) is 0 Å². The normalized spacial score (nSPS) is 20.8. The summed E-state index contributed by atoms with van der Waals surface area (Å²) in [5, 5.41) is 0. The Labute approximate surface area is 117 Å². The lowest BCUT2D eigenvalue weighted by Crippen LogP contribution is -2.33. The van der Waals surface area contributed by atoms with Gasteiger partial charge in [0.25, 0.3) is 5.91 Å². The van der Waals surface area contributed by atoms with Crippen LogP contribution in [0.4, 0.5) is 0 Å². The first-order chi connectivity index (χ1) is 8.61. The number of aromatic nitrogens is 1. The molecule has 2 heterocycles. The van der Waals surface area contributed by atoms with E-state index in [-0.39, 0.29) is 5.91 Å². The van der Waals surface area contributed by atoms with Crippen LogP contribution >= 0.6 is 15.9 Å². The number of carbonyl (C=O) groups excluding carboxylic acids is 1. The van der Waals surface area contributed by atoms with Crippen LogP contribution in [0, 0.1) is 5.92 Å². The van der Waals surface area contributed by atoms with Crippen LogP contribution in [0.15, 0.2) is 16.7 Å². The van der Waals surface area contributed by atoms with E-state index in [0.717, 1.165) is 42.0 Å². The fourth-order valence-electron chi connectivity index (χ4n) is 2.68. The minimum Gasteiger partial charge on any atom is -0.345 e. The summed E-state index contributed by atoms with van der Waals surface area (Å²) in [4.78, 5) is 14.5. The van der Waals surface area contributed by atoms with Gasteiger partial charge in [0.2, 0.25) is 0 Å². The second-order valence-electron chi connectivity index (χ2n) is 5.15. The van der Waals surface area contributed by atoms with Gasteiger partial charge in [-0.15, -0.1) is 0 Å². The SMILES string of the molecule is CCC1CCCN(C(=O)c2cc(Br)cn2C)CC1. The highest BCUT2D eigenvalue weighted by Crippen LogP contribution is 2.22. The van der Waals surface area contributed by atoms with E-state index in [9.17, 15) is 4.79 Å². The summed E-state index contributed by atoms with van der Waals surface area (Å²) in [5.41, 5.74) is 0.775. The third kappa shape index (κ3) is 2.97. The van der Waals surface area contributed by atoms with Gasteiger partial charge in [-0.2, -0.15) is 0 Å². The largest absolute Gasteiger partial charge is 0.345 e. The zero-order valence-electron chi connectivity index (χ0n) is 11.2. The summed E-state index contributed by atoms with van der Waals surface area (Å²) < 4.78 is 2.86. The molecule has 0 aliphatic carbocycles. The van der Waals surface area contributed by atoms with Gasteiger partial charge in [-0.1, -0.05) is 13.3 Å². The van der Waals surface area contributed by atoms with E-state index in [4.69, 9.17) is 0 Å². The van der Waals surface area contributed by atoms with E-state index < -0.39 is 0 Å². The van der Waals surface area contributed by atoms with Gasteiger partial charge in [-0.25, -0.2) is 0 Å². The highest BCUT2D eigenvalue weighted by molar-refractivity contribution is 9.10. The van der Waals surface area contributed by atoms with E-state index in [0.29, 0.717) is 0 Å². The molecule has 1 aromatic rings. The molecule has 0 bridgehead atoms. The van der Waals surface area contributed by atoms with Crippen LogP contribution in [0.25, 0.3) is 0 Å². The van der Waals surface area contributed by atoms with Gasteiger partial charge < -0.3 is 9.47 Å². The molecule has 1 amide bonds. The lowest BCUT2D eigenvalue weighted by atomic mass is 9.98. The van der Waals surface area contributed by atoms with Crippen molar-refractivity contribution in [3.8, 4) is 0 Å². The number of carbonyl (C=O) groups is 1. The van der Waals surface area contributed by atoms with Crippen molar-refractivity contribution < 1.29 is 4.79 Å². The molecule has 2 rings (SSSR count). The highest BCUT2D eigenvalue weighted by atomic mass is 79.9. The molecule has 0 N–H and O–H groups in total. The van der Waals surface area contributed by atoms with Crippen molar-refractivity contribution in [3.63, 3.8) is 0 Å². The van der Waals surface area contributed by atoms with E-state index in [2.05, 4.69) is 22.9 Å². The average Bonchev–Trinajstić information content (AvgIpc) is 2.56. The molecule has 18 heavy (non-hydrogen) atoms. The van der Waals surface area contributed by atoms with Gasteiger partial charge in [0, 0.05) is 30.8 Å². The number of halogens is 1. The second kappa shape index (κ2) is 5.91. The Morgan fingerprint density at radius 3 is 2.83 bits per heavy atom. The minimum absolute atomic E-state index is 0.167. The molecule has 0 aromatic carbocycles. The molecule has 1 aliphatic heterocycles. The summed E-state index contributed by atoms with van der Waals surface area (Å²) in [7, 11) is 1.92. The zero-order chi connectivity index (χ0) is 13.1. The minimum atomic E-state index is 0.167. The Kier molecular flexibility index (Phi) is 4.49. The summed E-state index contributed by atoms with van der Waals surface area (Å²) >= 11 is 3.42. The average molecular weight is 313 g/mol. The monoisotopic (exact) mass is 312 g/mol. The van der Waals surface area contributed by atoms with Crippen molar-refractivity contribution in [3.05, 3.63) is 22.4 Å². The summed E-state index contributed by atoms with van der Waals surface area (Å²) in [5.74, 6) is 0.961. The molecular weight excluding hydrogens is 292 g/mol. The number of aryl methyl sites for hydroxylation is 1. The van der Waals surface area contributed by atoms with Crippen LogP contribution < -0.4 is 0 Å². The first-order valence-electron chi connectivity index (χ1n) is 6.73. The number of likely N-dealkylation sites (tertiary alicyclic amines) is 1. The van der Waals surface area contributed by atoms with Gasteiger partial charge >= 0.3 is 0 Å². The van der Waals surface area contributed by atoms with E-state index in [1.165, 1.54) is 12.8 Å². The van der Waals surface area contributed by atoms with Gasteiger partial charge in [-0.3, -0.25) is 4.79 Å². The fraction of sp³-hybridized carbons (Fsp3) is 0.643. The molecule has 1 saturated heterocycles. The van der Waals surface area contributed by atoms with Crippen LogP contribution in [0.5, 0.6) is 0 Å². The molecule has 3 nitrogen and oxygen atoms in total. The molecule has 0 spiro atoms. The lowest BCUT2D eigenvalue weighted by Gasteiger charge is -2.20. The number of amides is 1. The van der Waals surface area contributed by atoms with Crippen molar-refractivity contribution >= 4 is 21.8 Å².